The van der Waals surface area contributed by atoms with Gasteiger partial charge in [-0.3, -0.25) is 0 Å². The van der Waals surface area contributed by atoms with Gasteiger partial charge in [0.05, 0.1) is 6.61 Å². The van der Waals surface area contributed by atoms with Crippen molar-refractivity contribution in [2.45, 2.75) is 12.5 Å². The van der Waals surface area contributed by atoms with Gasteiger partial charge in [0.15, 0.2) is 11.5 Å². The van der Waals surface area contributed by atoms with Crippen LogP contribution in [0, 0.1) is 5.92 Å². The van der Waals surface area contributed by atoms with E-state index in [0.29, 0.717) is 18.8 Å². The monoisotopic (exact) mass is 292 g/mol. The summed E-state index contributed by atoms with van der Waals surface area (Å²) < 4.78 is 16.1. The topological polar surface area (TPSA) is 43.0 Å². The number of hydrogen-bond acceptors (Lipinski definition) is 5. The van der Waals surface area contributed by atoms with Crippen molar-refractivity contribution in [3.8, 4) is 11.5 Å². The number of ether oxygens (including phenoxy) is 3. The molecule has 5 nitrogen and oxygen atoms in total. The highest BCUT2D eigenvalue weighted by Crippen LogP contribution is 2.34. The highest BCUT2D eigenvalue weighted by atomic mass is 16.7. The van der Waals surface area contributed by atoms with Gasteiger partial charge in [-0.1, -0.05) is 6.07 Å². The van der Waals surface area contributed by atoms with Crippen molar-refractivity contribution < 1.29 is 14.2 Å². The SMILES string of the molecule is CNC(CN1CCC(COC)C1)c1ccc2c(c1)OCO2. The Bertz CT molecular complexity index is 481. The van der Waals surface area contributed by atoms with Gasteiger partial charge >= 0.3 is 0 Å². The van der Waals surface area contributed by atoms with Gasteiger partial charge in [0.2, 0.25) is 6.79 Å². The van der Waals surface area contributed by atoms with Crippen molar-refractivity contribution in [1.82, 2.24) is 10.2 Å². The van der Waals surface area contributed by atoms with Gasteiger partial charge in [-0.25, -0.2) is 0 Å². The molecule has 3 rings (SSSR count). The van der Waals surface area contributed by atoms with Crippen LogP contribution in [-0.4, -0.2) is 52.1 Å². The highest BCUT2D eigenvalue weighted by molar-refractivity contribution is 5.45. The van der Waals surface area contributed by atoms with E-state index in [1.165, 1.54) is 12.0 Å². The summed E-state index contributed by atoms with van der Waals surface area (Å²) in [6.45, 7) is 4.47. The van der Waals surface area contributed by atoms with Crippen LogP contribution in [0.25, 0.3) is 0 Å². The zero-order valence-corrected chi connectivity index (χ0v) is 12.8. The summed E-state index contributed by atoms with van der Waals surface area (Å²) in [6, 6.07) is 6.52. The standard InChI is InChI=1S/C16H24N2O3/c1-17-14(9-18-6-5-12(8-18)10-19-2)13-3-4-15-16(7-13)21-11-20-15/h3-4,7,12,14,17H,5-6,8-11H2,1-2H3. The second kappa shape index (κ2) is 6.64. The third kappa shape index (κ3) is 3.31. The van der Waals surface area contributed by atoms with Gasteiger partial charge in [0.1, 0.15) is 0 Å². The normalized spacial score (nSPS) is 22.7. The molecule has 2 atom stereocenters. The Morgan fingerprint density at radius 2 is 2.24 bits per heavy atom. The van der Waals surface area contributed by atoms with Crippen LogP contribution in [0.3, 0.4) is 0 Å². The van der Waals surface area contributed by atoms with Gasteiger partial charge in [-0.2, -0.15) is 0 Å². The summed E-state index contributed by atoms with van der Waals surface area (Å²) >= 11 is 0. The molecule has 2 heterocycles. The number of methoxy groups -OCH3 is 1. The van der Waals surface area contributed by atoms with E-state index in [0.717, 1.165) is 37.7 Å². The van der Waals surface area contributed by atoms with E-state index in [1.54, 1.807) is 7.11 Å². The molecule has 0 aromatic heterocycles. The lowest BCUT2D eigenvalue weighted by atomic mass is 10.1. The van der Waals surface area contributed by atoms with Crippen molar-refractivity contribution in [1.29, 1.82) is 0 Å². The molecule has 0 spiro atoms. The van der Waals surface area contributed by atoms with E-state index in [4.69, 9.17) is 14.2 Å². The molecule has 2 unspecified atom stereocenters. The first-order chi connectivity index (χ1) is 10.3. The minimum absolute atomic E-state index is 0.306. The van der Waals surface area contributed by atoms with E-state index < -0.39 is 0 Å². The van der Waals surface area contributed by atoms with Crippen LogP contribution in [0.5, 0.6) is 11.5 Å². The van der Waals surface area contributed by atoms with Crippen LogP contribution in [0.2, 0.25) is 0 Å². The molecule has 1 saturated heterocycles. The predicted octanol–water partition coefficient (Wildman–Crippen LogP) is 1.64. The van der Waals surface area contributed by atoms with Crippen LogP contribution in [0.4, 0.5) is 0 Å². The van der Waals surface area contributed by atoms with Gasteiger partial charge in [0, 0.05) is 26.2 Å². The predicted molar refractivity (Wildman–Crippen MR) is 80.8 cm³/mol. The van der Waals surface area contributed by atoms with Crippen molar-refractivity contribution in [2.75, 3.05) is 47.2 Å². The van der Waals surface area contributed by atoms with E-state index in [2.05, 4.69) is 22.3 Å². The minimum Gasteiger partial charge on any atom is -0.454 e. The quantitative estimate of drug-likeness (QED) is 0.863. The maximum Gasteiger partial charge on any atom is 0.231 e. The Hall–Kier alpha value is -1.30. The van der Waals surface area contributed by atoms with E-state index in [9.17, 15) is 0 Å². The molecule has 0 bridgehead atoms. The number of fused-ring (bicyclic) bond motifs is 1. The largest absolute Gasteiger partial charge is 0.454 e. The molecule has 2 aliphatic heterocycles. The molecule has 1 N–H and O–H groups in total. The summed E-state index contributed by atoms with van der Waals surface area (Å²) in [6.07, 6.45) is 1.23. The summed E-state index contributed by atoms with van der Waals surface area (Å²) in [4.78, 5) is 2.51. The number of hydrogen-bond donors (Lipinski definition) is 1. The number of nitrogens with zero attached hydrogens (tertiary/aromatic N) is 1. The van der Waals surface area contributed by atoms with Crippen LogP contribution >= 0.6 is 0 Å². The van der Waals surface area contributed by atoms with Gasteiger partial charge in [0.25, 0.3) is 0 Å². The lowest BCUT2D eigenvalue weighted by molar-refractivity contribution is 0.152. The smallest absolute Gasteiger partial charge is 0.231 e. The Morgan fingerprint density at radius 3 is 3.05 bits per heavy atom. The number of nitrogens with one attached hydrogen (secondary N) is 1. The summed E-state index contributed by atoms with van der Waals surface area (Å²) in [5, 5.41) is 3.41. The van der Waals surface area contributed by atoms with Crippen molar-refractivity contribution in [3.63, 3.8) is 0 Å². The molecule has 2 aliphatic rings. The number of likely N-dealkylation sites (N-methyl/N-ethyl adjacent to an activating group) is 1. The second-order valence-corrected chi connectivity index (χ2v) is 5.82. The fraction of sp³-hybridized carbons (Fsp3) is 0.625. The van der Waals surface area contributed by atoms with E-state index in [-0.39, 0.29) is 0 Å². The Balaban J connectivity index is 1.63. The molecule has 21 heavy (non-hydrogen) atoms. The Morgan fingerprint density at radius 1 is 1.38 bits per heavy atom. The van der Waals surface area contributed by atoms with Gasteiger partial charge < -0.3 is 24.4 Å². The molecule has 0 radical (unpaired) electrons. The maximum atomic E-state index is 5.47. The van der Waals surface area contributed by atoms with Crippen molar-refractivity contribution >= 4 is 0 Å². The fourth-order valence-corrected chi connectivity index (χ4v) is 3.20. The van der Waals surface area contributed by atoms with Crippen LogP contribution in [0.15, 0.2) is 18.2 Å². The molecule has 0 amide bonds. The third-order valence-electron chi connectivity index (χ3n) is 4.36. The summed E-state index contributed by atoms with van der Waals surface area (Å²) in [5.74, 6) is 2.37. The molecule has 1 aromatic rings. The fourth-order valence-electron chi connectivity index (χ4n) is 3.20. The zero-order valence-electron chi connectivity index (χ0n) is 12.8. The van der Waals surface area contributed by atoms with Crippen molar-refractivity contribution in [2.24, 2.45) is 5.92 Å². The van der Waals surface area contributed by atoms with Gasteiger partial charge in [-0.15, -0.1) is 0 Å². The summed E-state index contributed by atoms with van der Waals surface area (Å²) in [5.41, 5.74) is 1.25. The third-order valence-corrected chi connectivity index (χ3v) is 4.36. The lowest BCUT2D eigenvalue weighted by Gasteiger charge is -2.24. The van der Waals surface area contributed by atoms with Crippen molar-refractivity contribution in [3.05, 3.63) is 23.8 Å². The molecule has 0 aliphatic carbocycles. The highest BCUT2D eigenvalue weighted by Gasteiger charge is 2.25. The van der Waals surface area contributed by atoms with Crippen LogP contribution in [-0.2, 0) is 4.74 Å². The molecule has 1 aromatic carbocycles. The molecular weight excluding hydrogens is 268 g/mol. The van der Waals surface area contributed by atoms with E-state index >= 15 is 0 Å². The first-order valence-corrected chi connectivity index (χ1v) is 7.58. The number of likely N-dealkylation sites (tertiary alicyclic amines) is 1. The molecular formula is C16H24N2O3. The average Bonchev–Trinajstić information content (AvgIpc) is 3.13. The minimum atomic E-state index is 0.306. The van der Waals surface area contributed by atoms with Gasteiger partial charge in [-0.05, 0) is 43.6 Å². The molecule has 1 fully saturated rings. The Labute approximate surface area is 126 Å². The zero-order chi connectivity index (χ0) is 14.7. The number of benzene rings is 1. The summed E-state index contributed by atoms with van der Waals surface area (Å²) in [7, 11) is 3.80. The van der Waals surface area contributed by atoms with E-state index in [1.807, 2.05) is 13.1 Å². The first-order valence-electron chi connectivity index (χ1n) is 7.58. The lowest BCUT2D eigenvalue weighted by Crippen LogP contribution is -2.32. The average molecular weight is 292 g/mol. The molecule has 0 saturated carbocycles. The first kappa shape index (κ1) is 14.6. The van der Waals surface area contributed by atoms with Crippen LogP contribution < -0.4 is 14.8 Å². The molecule has 5 heteroatoms. The maximum absolute atomic E-state index is 5.47. The number of rotatable bonds is 6. The Kier molecular flexibility index (Phi) is 4.63. The molecule has 116 valence electrons. The van der Waals surface area contributed by atoms with Crippen LogP contribution in [0.1, 0.15) is 18.0 Å². The second-order valence-electron chi connectivity index (χ2n) is 5.82.